The molecule has 33 heavy (non-hydrogen) atoms. The van der Waals surface area contributed by atoms with Gasteiger partial charge in [-0.1, -0.05) is 88.4 Å². The Bertz CT molecular complexity index is 980. The van der Waals surface area contributed by atoms with Crippen LogP contribution in [-0.2, 0) is 17.9 Å². The standard InChI is InChI=1S/C15H19NO.C15H21N/c1-14(2)11-16(13(17)15(14)8-9-15)10-12-6-4-3-5-7-12;1-14(2)11-16(12-15(14)8-9-15)10-13-6-4-3-5-7-13/h3-7H,8-11H2,1-2H3;3-7H,8-12H2,1-2H3. The molecule has 2 aliphatic heterocycles. The fraction of sp³-hybridized carbons (Fsp3) is 0.567. The second-order valence-corrected chi connectivity index (χ2v) is 12.4. The number of benzene rings is 2. The summed E-state index contributed by atoms with van der Waals surface area (Å²) in [7, 11) is 0. The van der Waals surface area contributed by atoms with Crippen LogP contribution in [0.15, 0.2) is 60.7 Å². The zero-order valence-electron chi connectivity index (χ0n) is 20.9. The predicted molar refractivity (Wildman–Crippen MR) is 134 cm³/mol. The van der Waals surface area contributed by atoms with Gasteiger partial charge in [-0.2, -0.15) is 0 Å². The Kier molecular flexibility index (Phi) is 5.47. The number of amides is 1. The van der Waals surface area contributed by atoms with Crippen molar-refractivity contribution in [2.75, 3.05) is 19.6 Å². The van der Waals surface area contributed by atoms with Gasteiger partial charge in [0.25, 0.3) is 0 Å². The van der Waals surface area contributed by atoms with Gasteiger partial charge >= 0.3 is 0 Å². The van der Waals surface area contributed by atoms with E-state index >= 15 is 0 Å². The van der Waals surface area contributed by atoms with Gasteiger partial charge in [0, 0.05) is 32.7 Å². The summed E-state index contributed by atoms with van der Waals surface area (Å²) in [4.78, 5) is 17.1. The smallest absolute Gasteiger partial charge is 0.229 e. The summed E-state index contributed by atoms with van der Waals surface area (Å²) in [5, 5.41) is 0. The first-order chi connectivity index (χ1) is 15.7. The number of rotatable bonds is 4. The van der Waals surface area contributed by atoms with E-state index in [4.69, 9.17) is 0 Å². The first kappa shape index (κ1) is 22.7. The molecule has 1 amide bonds. The third-order valence-corrected chi connectivity index (χ3v) is 9.23. The summed E-state index contributed by atoms with van der Waals surface area (Å²) in [6.45, 7) is 14.8. The summed E-state index contributed by atoms with van der Waals surface area (Å²) < 4.78 is 0. The average molecular weight is 445 g/mol. The van der Waals surface area contributed by atoms with Crippen molar-refractivity contribution in [3.8, 4) is 0 Å². The number of hydrogen-bond acceptors (Lipinski definition) is 2. The van der Waals surface area contributed by atoms with Crippen molar-refractivity contribution >= 4 is 5.91 Å². The van der Waals surface area contributed by atoms with Crippen molar-refractivity contribution in [3.05, 3.63) is 71.8 Å². The fourth-order valence-corrected chi connectivity index (χ4v) is 6.60. The van der Waals surface area contributed by atoms with E-state index in [0.717, 1.165) is 32.5 Å². The van der Waals surface area contributed by atoms with E-state index in [2.05, 4.69) is 75.1 Å². The van der Waals surface area contributed by atoms with Gasteiger partial charge in [-0.15, -0.1) is 0 Å². The molecule has 0 atom stereocenters. The minimum Gasteiger partial charge on any atom is -0.337 e. The van der Waals surface area contributed by atoms with Gasteiger partial charge in [0.2, 0.25) is 5.91 Å². The summed E-state index contributed by atoms with van der Waals surface area (Å²) in [6, 6.07) is 21.1. The van der Waals surface area contributed by atoms with E-state index < -0.39 is 0 Å². The highest BCUT2D eigenvalue weighted by Gasteiger charge is 2.65. The Morgan fingerprint density at radius 2 is 1.21 bits per heavy atom. The van der Waals surface area contributed by atoms with Crippen LogP contribution in [0.25, 0.3) is 0 Å². The fourth-order valence-electron chi connectivity index (χ4n) is 6.60. The lowest BCUT2D eigenvalue weighted by Crippen LogP contribution is -2.27. The first-order valence-electron chi connectivity index (χ1n) is 12.8. The summed E-state index contributed by atoms with van der Waals surface area (Å²) in [5.74, 6) is 0.381. The quantitative estimate of drug-likeness (QED) is 0.565. The Morgan fingerprint density at radius 3 is 1.67 bits per heavy atom. The number of carbonyl (C=O) groups excluding carboxylic acids is 1. The molecule has 176 valence electrons. The molecule has 6 rings (SSSR count). The maximum Gasteiger partial charge on any atom is 0.229 e. The maximum absolute atomic E-state index is 12.4. The third kappa shape index (κ3) is 4.14. The normalized spacial score (nSPS) is 25.2. The molecule has 4 fully saturated rings. The zero-order valence-corrected chi connectivity index (χ0v) is 20.9. The number of nitrogens with zero attached hydrogens (tertiary/aromatic N) is 2. The summed E-state index contributed by atoms with van der Waals surface area (Å²) >= 11 is 0. The molecule has 2 saturated heterocycles. The molecule has 2 aromatic rings. The van der Waals surface area contributed by atoms with Crippen LogP contribution in [-0.4, -0.2) is 35.3 Å². The van der Waals surface area contributed by atoms with Crippen molar-refractivity contribution in [2.24, 2.45) is 21.7 Å². The van der Waals surface area contributed by atoms with Crippen molar-refractivity contribution < 1.29 is 4.79 Å². The van der Waals surface area contributed by atoms with Gasteiger partial charge in [0.05, 0.1) is 5.41 Å². The third-order valence-electron chi connectivity index (χ3n) is 9.23. The van der Waals surface area contributed by atoms with Crippen LogP contribution in [0.3, 0.4) is 0 Å². The first-order valence-corrected chi connectivity index (χ1v) is 12.8. The maximum atomic E-state index is 12.4. The molecule has 4 aliphatic rings. The van der Waals surface area contributed by atoms with Crippen LogP contribution < -0.4 is 0 Å². The molecule has 0 aromatic heterocycles. The highest BCUT2D eigenvalue weighted by atomic mass is 16.2. The van der Waals surface area contributed by atoms with Gasteiger partial charge in [-0.25, -0.2) is 0 Å². The van der Waals surface area contributed by atoms with E-state index in [1.54, 1.807) is 0 Å². The molecular formula is C30H40N2O. The van der Waals surface area contributed by atoms with Crippen molar-refractivity contribution in [2.45, 2.75) is 66.5 Å². The van der Waals surface area contributed by atoms with Gasteiger partial charge in [0.1, 0.15) is 0 Å². The molecule has 2 spiro atoms. The Labute approximate surface area is 200 Å². The lowest BCUT2D eigenvalue weighted by Gasteiger charge is -2.25. The van der Waals surface area contributed by atoms with Crippen LogP contribution in [0.4, 0.5) is 0 Å². The van der Waals surface area contributed by atoms with Crippen molar-refractivity contribution in [1.29, 1.82) is 0 Å². The second-order valence-electron chi connectivity index (χ2n) is 12.4. The molecule has 3 heteroatoms. The van der Waals surface area contributed by atoms with Crippen LogP contribution in [0.2, 0.25) is 0 Å². The molecule has 3 nitrogen and oxygen atoms in total. The average Bonchev–Trinajstić information content (AvgIpc) is 3.68. The highest BCUT2D eigenvalue weighted by Crippen LogP contribution is 2.64. The van der Waals surface area contributed by atoms with Gasteiger partial charge in [-0.05, 0) is 53.1 Å². The van der Waals surface area contributed by atoms with Crippen molar-refractivity contribution in [3.63, 3.8) is 0 Å². The lowest BCUT2D eigenvalue weighted by atomic mass is 9.79. The highest BCUT2D eigenvalue weighted by molar-refractivity contribution is 5.88. The summed E-state index contributed by atoms with van der Waals surface area (Å²) in [5.41, 5.74) is 4.02. The van der Waals surface area contributed by atoms with Gasteiger partial charge in [0.15, 0.2) is 0 Å². The molecule has 0 bridgehead atoms. The van der Waals surface area contributed by atoms with Crippen molar-refractivity contribution in [1.82, 2.24) is 9.80 Å². The largest absolute Gasteiger partial charge is 0.337 e. The predicted octanol–water partition coefficient (Wildman–Crippen LogP) is 6.14. The minimum atomic E-state index is -0.0121. The van der Waals surface area contributed by atoms with E-state index in [1.165, 1.54) is 37.1 Å². The zero-order chi connectivity index (χ0) is 23.3. The molecule has 0 unspecified atom stereocenters. The van der Waals surface area contributed by atoms with Gasteiger partial charge in [-0.3, -0.25) is 9.69 Å². The lowest BCUT2D eigenvalue weighted by molar-refractivity contribution is -0.133. The summed E-state index contributed by atoms with van der Waals surface area (Å²) in [6.07, 6.45) is 5.07. The monoisotopic (exact) mass is 444 g/mol. The number of likely N-dealkylation sites (tertiary alicyclic amines) is 2. The number of carbonyl (C=O) groups is 1. The molecule has 2 aromatic carbocycles. The molecular weight excluding hydrogens is 404 g/mol. The molecule has 2 aliphatic carbocycles. The van der Waals surface area contributed by atoms with Crippen LogP contribution in [0, 0.1) is 21.7 Å². The second kappa shape index (κ2) is 7.98. The van der Waals surface area contributed by atoms with E-state index in [9.17, 15) is 4.79 Å². The molecule has 2 saturated carbocycles. The topological polar surface area (TPSA) is 23.6 Å². The van der Waals surface area contributed by atoms with Crippen LogP contribution in [0.1, 0.15) is 64.5 Å². The van der Waals surface area contributed by atoms with E-state index in [0.29, 0.717) is 16.7 Å². The van der Waals surface area contributed by atoms with E-state index in [1.807, 2.05) is 23.1 Å². The number of hydrogen-bond donors (Lipinski definition) is 0. The Morgan fingerprint density at radius 1 is 0.667 bits per heavy atom. The van der Waals surface area contributed by atoms with Gasteiger partial charge < -0.3 is 4.90 Å². The van der Waals surface area contributed by atoms with Crippen LogP contribution in [0.5, 0.6) is 0 Å². The van der Waals surface area contributed by atoms with Crippen LogP contribution >= 0.6 is 0 Å². The molecule has 2 heterocycles. The van der Waals surface area contributed by atoms with E-state index in [-0.39, 0.29) is 10.8 Å². The minimum absolute atomic E-state index is 0.0121. The Balaban J connectivity index is 0.000000139. The SMILES string of the molecule is CC1(C)CN(Cc2ccccc2)C(=O)C12CC2.CC1(C)CN(Cc2ccccc2)CC12CC2. The molecule has 0 radical (unpaired) electrons. The Hall–Kier alpha value is -2.13. The molecule has 0 N–H and O–H groups in total.